The maximum atomic E-state index is 10.7. The molecule has 2 aromatic carbocycles. The van der Waals surface area contributed by atoms with Gasteiger partial charge in [-0.2, -0.15) is 0 Å². The van der Waals surface area contributed by atoms with Gasteiger partial charge in [0.15, 0.2) is 5.76 Å². The van der Waals surface area contributed by atoms with E-state index in [1.807, 2.05) is 31.2 Å². The van der Waals surface area contributed by atoms with E-state index in [2.05, 4.69) is 41.9 Å². The molecule has 6 nitrogen and oxygen atoms in total. The maximum Gasteiger partial charge on any atom is 0.263 e. The highest BCUT2D eigenvalue weighted by molar-refractivity contribution is 5.87. The van der Waals surface area contributed by atoms with Crippen molar-refractivity contribution in [3.05, 3.63) is 71.1 Å². The summed E-state index contributed by atoms with van der Waals surface area (Å²) in [5.74, 6) is 3.14. The molecule has 37 heavy (non-hydrogen) atoms. The van der Waals surface area contributed by atoms with Crippen molar-refractivity contribution in [1.82, 2.24) is 9.88 Å². The fraction of sp³-hybridized carbons (Fsp3) is 0.414. The van der Waals surface area contributed by atoms with Crippen molar-refractivity contribution in [3.63, 3.8) is 0 Å². The molecule has 200 valence electrons. The predicted octanol–water partition coefficient (Wildman–Crippen LogP) is 6.73. The number of furan rings is 1. The van der Waals surface area contributed by atoms with Crippen molar-refractivity contribution in [2.75, 3.05) is 26.2 Å². The molecule has 4 aromatic rings. The van der Waals surface area contributed by atoms with Crippen LogP contribution in [0.15, 0.2) is 57.5 Å². The molecule has 1 N–H and O–H groups in total. The van der Waals surface area contributed by atoms with Gasteiger partial charge >= 0.3 is 0 Å². The molecular formula is C29H36Cl2N2O4. The summed E-state index contributed by atoms with van der Waals surface area (Å²) in [6.45, 7) is 9.20. The van der Waals surface area contributed by atoms with Gasteiger partial charge in [0.1, 0.15) is 29.8 Å². The Kier molecular flexibility index (Phi) is 10.1. The second-order valence-electron chi connectivity index (χ2n) is 9.65. The molecule has 0 unspecified atom stereocenters. The smallest absolute Gasteiger partial charge is 0.263 e. The van der Waals surface area contributed by atoms with Gasteiger partial charge in [-0.1, -0.05) is 31.2 Å². The van der Waals surface area contributed by atoms with Crippen molar-refractivity contribution < 1.29 is 18.7 Å². The summed E-state index contributed by atoms with van der Waals surface area (Å²) in [5, 5.41) is 11.5. The van der Waals surface area contributed by atoms with Crippen LogP contribution in [0, 0.1) is 13.8 Å². The number of aromatic nitrogens is 1. The molecule has 1 fully saturated rings. The van der Waals surface area contributed by atoms with Gasteiger partial charge < -0.3 is 23.6 Å². The average molecular weight is 548 g/mol. The minimum absolute atomic E-state index is 0. The van der Waals surface area contributed by atoms with Gasteiger partial charge in [0, 0.05) is 19.0 Å². The quantitative estimate of drug-likeness (QED) is 0.264. The van der Waals surface area contributed by atoms with Gasteiger partial charge in [-0.05, 0) is 74.5 Å². The molecule has 0 spiro atoms. The number of piperidine rings is 1. The first-order valence-corrected chi connectivity index (χ1v) is 12.6. The van der Waals surface area contributed by atoms with Crippen LogP contribution in [0.2, 0.25) is 0 Å². The number of hydrogen-bond acceptors (Lipinski definition) is 6. The molecule has 2 aromatic heterocycles. The number of aliphatic hydroxyl groups excluding tert-OH is 1. The lowest BCUT2D eigenvalue weighted by Gasteiger charge is -2.33. The normalized spacial score (nSPS) is 15.2. The second-order valence-corrected chi connectivity index (χ2v) is 9.65. The Morgan fingerprint density at radius 3 is 2.54 bits per heavy atom. The topological polar surface area (TPSA) is 71.9 Å². The lowest BCUT2D eigenvalue weighted by Crippen LogP contribution is -2.40. The molecule has 1 atom stereocenters. The standard InChI is InChI=1S/C29H34N2O4.2ClH/c1-4-24-16-30-29(34-24)28-15-25-26(6-5-7-27(25)35-28)33-18-23(32)17-31-12-10-21(11-13-31)22-9-8-19(2)20(3)14-22;;/h5-9,14-16,21,23,32H,4,10-13,17-18H2,1-3H3;2*1H/t23-;;/m0../s1. The van der Waals surface area contributed by atoms with E-state index in [1.54, 1.807) is 6.20 Å². The van der Waals surface area contributed by atoms with Crippen LogP contribution in [0.25, 0.3) is 22.6 Å². The van der Waals surface area contributed by atoms with Gasteiger partial charge in [-0.3, -0.25) is 0 Å². The number of benzene rings is 2. The highest BCUT2D eigenvalue weighted by atomic mass is 35.5. The number of β-amino-alcohol motifs (C(OH)–C–C–N with tert-alkyl or cyclic N) is 1. The Hall–Kier alpha value is -2.51. The SMILES string of the molecule is CCc1cnc(-c2cc3c(OC[C@@H](O)CN4CCC(c5ccc(C)c(C)c5)CC4)cccc3o2)o1.Cl.Cl. The summed E-state index contributed by atoms with van der Waals surface area (Å²) >= 11 is 0. The van der Waals surface area contributed by atoms with E-state index < -0.39 is 6.10 Å². The molecule has 1 saturated heterocycles. The minimum atomic E-state index is -0.561. The van der Waals surface area contributed by atoms with Crippen LogP contribution in [-0.4, -0.2) is 47.3 Å². The number of aryl methyl sites for hydroxylation is 3. The summed E-state index contributed by atoms with van der Waals surface area (Å²) in [4.78, 5) is 6.65. The lowest BCUT2D eigenvalue weighted by atomic mass is 9.88. The van der Waals surface area contributed by atoms with Gasteiger partial charge in [0.25, 0.3) is 5.89 Å². The summed E-state index contributed by atoms with van der Waals surface area (Å²) in [6, 6.07) is 14.4. The molecule has 0 saturated carbocycles. The number of fused-ring (bicyclic) bond motifs is 1. The molecule has 5 rings (SSSR count). The third-order valence-electron chi connectivity index (χ3n) is 7.12. The first-order chi connectivity index (χ1) is 17.0. The third-order valence-corrected chi connectivity index (χ3v) is 7.12. The molecule has 0 bridgehead atoms. The second kappa shape index (κ2) is 12.8. The zero-order valence-electron chi connectivity index (χ0n) is 21.6. The zero-order chi connectivity index (χ0) is 24.4. The third kappa shape index (κ3) is 6.68. The molecule has 1 aliphatic heterocycles. The first kappa shape index (κ1) is 29.1. The Morgan fingerprint density at radius 1 is 1.05 bits per heavy atom. The number of likely N-dealkylation sites (tertiary alicyclic amines) is 1. The molecule has 0 amide bonds. The number of nitrogens with zero attached hydrogens (tertiary/aromatic N) is 2. The van der Waals surface area contributed by atoms with E-state index in [9.17, 15) is 5.11 Å². The van der Waals surface area contributed by atoms with Crippen molar-refractivity contribution in [1.29, 1.82) is 0 Å². The molecule has 1 aliphatic rings. The predicted molar refractivity (Wildman–Crippen MR) is 151 cm³/mol. The van der Waals surface area contributed by atoms with E-state index in [4.69, 9.17) is 13.6 Å². The summed E-state index contributed by atoms with van der Waals surface area (Å²) in [7, 11) is 0. The van der Waals surface area contributed by atoms with E-state index in [1.165, 1.54) is 16.7 Å². The Bertz CT molecular complexity index is 1290. The highest BCUT2D eigenvalue weighted by Crippen LogP contribution is 2.34. The highest BCUT2D eigenvalue weighted by Gasteiger charge is 2.23. The summed E-state index contributed by atoms with van der Waals surface area (Å²) < 4.78 is 17.7. The maximum absolute atomic E-state index is 10.7. The van der Waals surface area contributed by atoms with Gasteiger partial charge in [0.2, 0.25) is 0 Å². The van der Waals surface area contributed by atoms with Crippen LogP contribution in [0.4, 0.5) is 0 Å². The minimum Gasteiger partial charge on any atom is -0.490 e. The Balaban J connectivity index is 0.00000190. The number of aliphatic hydroxyl groups is 1. The molecule has 3 heterocycles. The largest absolute Gasteiger partial charge is 0.490 e. The first-order valence-electron chi connectivity index (χ1n) is 12.6. The Morgan fingerprint density at radius 2 is 1.84 bits per heavy atom. The molecule has 0 radical (unpaired) electrons. The van der Waals surface area contributed by atoms with Crippen LogP contribution < -0.4 is 4.74 Å². The van der Waals surface area contributed by atoms with Crippen molar-refractivity contribution >= 4 is 35.8 Å². The van der Waals surface area contributed by atoms with Crippen molar-refractivity contribution in [3.8, 4) is 17.4 Å². The molecule has 8 heteroatoms. The van der Waals surface area contributed by atoms with Gasteiger partial charge in [0.05, 0.1) is 11.6 Å². The van der Waals surface area contributed by atoms with E-state index >= 15 is 0 Å². The van der Waals surface area contributed by atoms with Crippen LogP contribution >= 0.6 is 24.8 Å². The zero-order valence-corrected chi connectivity index (χ0v) is 23.2. The number of halogens is 2. The number of rotatable bonds is 8. The van der Waals surface area contributed by atoms with E-state index in [0.717, 1.165) is 43.5 Å². The van der Waals surface area contributed by atoms with Gasteiger partial charge in [-0.25, -0.2) is 4.98 Å². The van der Waals surface area contributed by atoms with E-state index in [-0.39, 0.29) is 31.4 Å². The van der Waals surface area contributed by atoms with Gasteiger partial charge in [-0.15, -0.1) is 24.8 Å². The van der Waals surface area contributed by atoms with Crippen LogP contribution in [0.1, 0.15) is 48.1 Å². The number of ether oxygens (including phenoxy) is 1. The number of hydrogen-bond donors (Lipinski definition) is 1. The van der Waals surface area contributed by atoms with Crippen LogP contribution in [0.5, 0.6) is 5.75 Å². The fourth-order valence-corrected chi connectivity index (χ4v) is 4.85. The monoisotopic (exact) mass is 546 g/mol. The van der Waals surface area contributed by atoms with Crippen LogP contribution in [0.3, 0.4) is 0 Å². The summed E-state index contributed by atoms with van der Waals surface area (Å²) in [6.07, 6.45) is 4.18. The molecular weight excluding hydrogens is 511 g/mol. The van der Waals surface area contributed by atoms with Crippen molar-refractivity contribution in [2.24, 2.45) is 0 Å². The van der Waals surface area contributed by atoms with E-state index in [0.29, 0.717) is 35.4 Å². The summed E-state index contributed by atoms with van der Waals surface area (Å²) in [5.41, 5.74) is 4.86. The molecule has 0 aliphatic carbocycles. The fourth-order valence-electron chi connectivity index (χ4n) is 4.85. The van der Waals surface area contributed by atoms with Crippen LogP contribution in [-0.2, 0) is 6.42 Å². The number of oxazole rings is 1. The average Bonchev–Trinajstić information content (AvgIpc) is 3.52. The Labute approximate surface area is 230 Å². The lowest BCUT2D eigenvalue weighted by molar-refractivity contribution is 0.0599. The van der Waals surface area contributed by atoms with Crippen molar-refractivity contribution in [2.45, 2.75) is 52.1 Å².